The molecule has 1 unspecified atom stereocenters. The third-order valence-electron chi connectivity index (χ3n) is 4.35. The van der Waals surface area contributed by atoms with Crippen LogP contribution in [0.2, 0.25) is 10.0 Å². The summed E-state index contributed by atoms with van der Waals surface area (Å²) in [6, 6.07) is 7.31. The summed E-state index contributed by atoms with van der Waals surface area (Å²) in [7, 11) is -3.78. The Labute approximate surface area is 167 Å². The van der Waals surface area contributed by atoms with Crippen molar-refractivity contribution in [1.29, 1.82) is 0 Å². The molecule has 0 bridgehead atoms. The van der Waals surface area contributed by atoms with E-state index in [1.807, 2.05) is 6.92 Å². The number of hydrogen-bond acceptors (Lipinski definition) is 4. The molecule has 1 saturated heterocycles. The first kappa shape index (κ1) is 20.0. The van der Waals surface area contributed by atoms with Crippen molar-refractivity contribution in [2.24, 2.45) is 0 Å². The normalized spacial score (nSPS) is 16.9. The van der Waals surface area contributed by atoms with Gasteiger partial charge in [0.2, 0.25) is 10.0 Å². The lowest BCUT2D eigenvalue weighted by atomic mass is 10.2. The Kier molecular flexibility index (Phi) is 6.00. The average molecular weight is 432 g/mol. The maximum Gasteiger partial charge on any atom is 0.318 e. The van der Waals surface area contributed by atoms with Crippen molar-refractivity contribution in [2.45, 2.75) is 17.9 Å². The zero-order valence-corrected chi connectivity index (χ0v) is 16.9. The number of nitrogens with zero attached hydrogens (tertiary/aromatic N) is 2. The summed E-state index contributed by atoms with van der Waals surface area (Å²) in [6.45, 7) is 2.71. The quantitative estimate of drug-likeness (QED) is 0.803. The monoisotopic (exact) mass is 431 g/mol. The molecule has 2 aromatic rings. The molecule has 1 fully saturated rings. The van der Waals surface area contributed by atoms with Crippen LogP contribution >= 0.6 is 23.2 Å². The number of urea groups is 1. The fourth-order valence-corrected chi connectivity index (χ4v) is 4.99. The second-order valence-corrected chi connectivity index (χ2v) is 8.90. The van der Waals surface area contributed by atoms with Crippen molar-refractivity contribution in [3.63, 3.8) is 0 Å². The highest BCUT2D eigenvalue weighted by Crippen LogP contribution is 2.28. The van der Waals surface area contributed by atoms with Crippen LogP contribution in [0.25, 0.3) is 0 Å². The van der Waals surface area contributed by atoms with E-state index in [2.05, 4.69) is 5.32 Å². The molecule has 1 aliphatic heterocycles. The van der Waals surface area contributed by atoms with Crippen molar-refractivity contribution in [2.75, 3.05) is 26.2 Å². The molecule has 1 aromatic heterocycles. The summed E-state index contributed by atoms with van der Waals surface area (Å²) >= 11 is 11.9. The van der Waals surface area contributed by atoms with E-state index in [-0.39, 0.29) is 48.2 Å². The molecule has 10 heteroatoms. The van der Waals surface area contributed by atoms with E-state index in [4.69, 9.17) is 27.6 Å². The second-order valence-electron chi connectivity index (χ2n) is 6.15. The Morgan fingerprint density at radius 3 is 2.52 bits per heavy atom. The highest BCUT2D eigenvalue weighted by Gasteiger charge is 2.32. The number of halogens is 2. The fourth-order valence-electron chi connectivity index (χ4n) is 2.83. The topological polar surface area (TPSA) is 82.9 Å². The van der Waals surface area contributed by atoms with Crippen LogP contribution in [-0.2, 0) is 10.0 Å². The molecular formula is C17H19Cl2N3O4S. The Balaban J connectivity index is 1.63. The third kappa shape index (κ3) is 4.40. The van der Waals surface area contributed by atoms with Crippen LogP contribution in [0.1, 0.15) is 18.7 Å². The van der Waals surface area contributed by atoms with Crippen LogP contribution in [0, 0.1) is 0 Å². The summed E-state index contributed by atoms with van der Waals surface area (Å²) in [5.74, 6) is 0.653. The van der Waals surface area contributed by atoms with E-state index in [1.165, 1.54) is 22.5 Å². The van der Waals surface area contributed by atoms with E-state index in [1.54, 1.807) is 23.3 Å². The number of carbonyl (C=O) groups is 1. The van der Waals surface area contributed by atoms with Gasteiger partial charge in [-0.3, -0.25) is 0 Å². The summed E-state index contributed by atoms with van der Waals surface area (Å²) in [5, 5.41) is 3.25. The van der Waals surface area contributed by atoms with Crippen LogP contribution in [0.5, 0.6) is 0 Å². The van der Waals surface area contributed by atoms with E-state index in [9.17, 15) is 13.2 Å². The van der Waals surface area contributed by atoms with Crippen LogP contribution in [0.3, 0.4) is 0 Å². The van der Waals surface area contributed by atoms with Crippen LogP contribution < -0.4 is 5.32 Å². The van der Waals surface area contributed by atoms with Gasteiger partial charge < -0.3 is 14.6 Å². The summed E-state index contributed by atoms with van der Waals surface area (Å²) in [5.41, 5.74) is 0. The minimum absolute atomic E-state index is 0.0268. The SMILES string of the molecule is CC(NC(=O)N1CCN(S(=O)(=O)c2cc(Cl)ccc2Cl)CC1)c1ccco1. The lowest BCUT2D eigenvalue weighted by Gasteiger charge is -2.34. The van der Waals surface area contributed by atoms with E-state index < -0.39 is 10.0 Å². The number of rotatable bonds is 4. The third-order valence-corrected chi connectivity index (χ3v) is 6.96. The molecule has 2 amide bonds. The van der Waals surface area contributed by atoms with Crippen molar-refractivity contribution in [3.05, 3.63) is 52.4 Å². The molecule has 1 aromatic carbocycles. The van der Waals surface area contributed by atoms with Gasteiger partial charge in [0.15, 0.2) is 0 Å². The lowest BCUT2D eigenvalue weighted by Crippen LogP contribution is -2.53. The molecule has 0 aliphatic carbocycles. The number of nitrogens with one attached hydrogen (secondary N) is 1. The molecule has 1 N–H and O–H groups in total. The second kappa shape index (κ2) is 8.10. The maximum absolute atomic E-state index is 12.8. The van der Waals surface area contributed by atoms with Gasteiger partial charge >= 0.3 is 6.03 Å². The molecule has 1 atom stereocenters. The van der Waals surface area contributed by atoms with Crippen LogP contribution in [-0.4, -0.2) is 49.8 Å². The summed E-state index contributed by atoms with van der Waals surface area (Å²) in [6.07, 6.45) is 1.54. The number of piperazine rings is 1. The first-order valence-corrected chi connectivity index (χ1v) is 10.5. The van der Waals surface area contributed by atoms with Gasteiger partial charge in [0.1, 0.15) is 10.7 Å². The van der Waals surface area contributed by atoms with E-state index in [0.717, 1.165) is 0 Å². The summed E-state index contributed by atoms with van der Waals surface area (Å²) < 4.78 is 32.2. The zero-order valence-electron chi connectivity index (χ0n) is 14.6. The number of hydrogen-bond donors (Lipinski definition) is 1. The molecule has 0 spiro atoms. The van der Waals surface area contributed by atoms with Crippen LogP contribution in [0.4, 0.5) is 4.79 Å². The standard InChI is InChI=1S/C17H19Cl2N3O4S/c1-12(15-3-2-10-26-15)20-17(23)21-6-8-22(9-7-21)27(24,25)16-11-13(18)4-5-14(16)19/h2-5,10-12H,6-9H2,1H3,(H,20,23). The number of carbonyl (C=O) groups excluding carboxylic acids is 1. The molecule has 0 radical (unpaired) electrons. The number of furan rings is 1. The largest absolute Gasteiger partial charge is 0.467 e. The Morgan fingerprint density at radius 2 is 1.89 bits per heavy atom. The molecule has 1 aliphatic rings. The summed E-state index contributed by atoms with van der Waals surface area (Å²) in [4.78, 5) is 13.9. The van der Waals surface area contributed by atoms with Gasteiger partial charge in [-0.25, -0.2) is 13.2 Å². The Bertz CT molecular complexity index is 910. The molecule has 3 rings (SSSR count). The Morgan fingerprint density at radius 1 is 1.19 bits per heavy atom. The lowest BCUT2D eigenvalue weighted by molar-refractivity contribution is 0.168. The van der Waals surface area contributed by atoms with Gasteiger partial charge in [-0.2, -0.15) is 4.31 Å². The van der Waals surface area contributed by atoms with Gasteiger partial charge in [-0.15, -0.1) is 0 Å². The molecule has 146 valence electrons. The van der Waals surface area contributed by atoms with Crippen molar-refractivity contribution in [3.8, 4) is 0 Å². The van der Waals surface area contributed by atoms with E-state index >= 15 is 0 Å². The number of amides is 2. The number of sulfonamides is 1. The van der Waals surface area contributed by atoms with Crippen molar-refractivity contribution >= 4 is 39.3 Å². The van der Waals surface area contributed by atoms with Crippen LogP contribution in [0.15, 0.2) is 45.9 Å². The van der Waals surface area contributed by atoms with Gasteiger partial charge in [0.05, 0.1) is 17.3 Å². The minimum Gasteiger partial charge on any atom is -0.467 e. The van der Waals surface area contributed by atoms with Gasteiger partial charge in [-0.1, -0.05) is 23.2 Å². The minimum atomic E-state index is -3.78. The molecule has 7 nitrogen and oxygen atoms in total. The molecular weight excluding hydrogens is 413 g/mol. The van der Waals surface area contributed by atoms with Gasteiger partial charge in [0, 0.05) is 31.2 Å². The van der Waals surface area contributed by atoms with Gasteiger partial charge in [-0.05, 0) is 37.3 Å². The molecule has 27 heavy (non-hydrogen) atoms. The number of benzene rings is 1. The highest BCUT2D eigenvalue weighted by molar-refractivity contribution is 7.89. The smallest absolute Gasteiger partial charge is 0.318 e. The average Bonchev–Trinajstić information content (AvgIpc) is 3.18. The molecule has 0 saturated carbocycles. The van der Waals surface area contributed by atoms with Gasteiger partial charge in [0.25, 0.3) is 0 Å². The van der Waals surface area contributed by atoms with Crippen molar-refractivity contribution < 1.29 is 17.6 Å². The highest BCUT2D eigenvalue weighted by atomic mass is 35.5. The zero-order chi connectivity index (χ0) is 19.6. The Hall–Kier alpha value is -1.74. The predicted molar refractivity (Wildman–Crippen MR) is 102 cm³/mol. The predicted octanol–water partition coefficient (Wildman–Crippen LogP) is 3.36. The molecule has 2 heterocycles. The first-order valence-electron chi connectivity index (χ1n) is 8.33. The fraction of sp³-hybridized carbons (Fsp3) is 0.353. The van der Waals surface area contributed by atoms with Crippen molar-refractivity contribution in [1.82, 2.24) is 14.5 Å². The maximum atomic E-state index is 12.8. The first-order chi connectivity index (χ1) is 12.8. The van der Waals surface area contributed by atoms with E-state index in [0.29, 0.717) is 10.8 Å².